The molecule has 4 nitrogen and oxygen atoms in total. The third kappa shape index (κ3) is 5.63. The van der Waals surface area contributed by atoms with Gasteiger partial charge in [-0.1, -0.05) is 158 Å². The molecule has 0 saturated carbocycles. The van der Waals surface area contributed by atoms with E-state index >= 15 is 0 Å². The van der Waals surface area contributed by atoms with Gasteiger partial charge in [-0.05, 0) is 97.0 Å². The SMILES string of the molecule is c1ccc(-c2nc(-c3ccc4c(c3)oc3ccccc34)nc(-c3ccc4c(c3)sc3cc(-c5cccc(-c6ccc7c8ccccc8c8ccccc8c7c6)c5)ccc34)n2)cc1. The number of nitrogens with zero attached hydrogens (tertiary/aromatic N) is 3. The number of rotatable bonds is 5. The van der Waals surface area contributed by atoms with Gasteiger partial charge < -0.3 is 4.42 Å². The summed E-state index contributed by atoms with van der Waals surface area (Å²) in [4.78, 5) is 15.1. The second-order valence-electron chi connectivity index (χ2n) is 15.9. The van der Waals surface area contributed by atoms with Gasteiger partial charge in [0, 0.05) is 47.6 Å². The average Bonchev–Trinajstić information content (AvgIpc) is 3.91. The first-order valence-corrected chi connectivity index (χ1v) is 21.6. The van der Waals surface area contributed by atoms with E-state index in [0.29, 0.717) is 17.5 Å². The Kier molecular flexibility index (Phi) is 7.74. The number of thiophene rings is 1. The summed E-state index contributed by atoms with van der Waals surface area (Å²) in [6, 6.07) is 71.3. The summed E-state index contributed by atoms with van der Waals surface area (Å²) in [5.74, 6) is 1.86. The van der Waals surface area contributed by atoms with Crippen LogP contribution in [0.15, 0.2) is 205 Å². The van der Waals surface area contributed by atoms with Crippen LogP contribution >= 0.6 is 11.3 Å². The number of aromatic nitrogens is 3. The number of fused-ring (bicyclic) bond motifs is 12. The first kappa shape index (κ1) is 34.8. The minimum atomic E-state index is 0.602. The fraction of sp³-hybridized carbons (Fsp3) is 0. The molecular weight excluding hydrogens is 775 g/mol. The molecule has 0 radical (unpaired) electrons. The monoisotopic (exact) mass is 807 g/mol. The van der Waals surface area contributed by atoms with Gasteiger partial charge in [-0.15, -0.1) is 11.3 Å². The van der Waals surface area contributed by atoms with Crippen molar-refractivity contribution in [2.24, 2.45) is 0 Å². The highest BCUT2D eigenvalue weighted by Gasteiger charge is 2.17. The highest BCUT2D eigenvalue weighted by atomic mass is 32.1. The molecule has 0 saturated heterocycles. The topological polar surface area (TPSA) is 51.8 Å². The van der Waals surface area contributed by atoms with Gasteiger partial charge in [0.2, 0.25) is 0 Å². The molecule has 13 aromatic rings. The molecule has 0 aliphatic heterocycles. The summed E-state index contributed by atoms with van der Waals surface area (Å²) in [6.45, 7) is 0. The summed E-state index contributed by atoms with van der Waals surface area (Å²) in [5, 5.41) is 12.3. The van der Waals surface area contributed by atoms with Crippen LogP contribution < -0.4 is 0 Å². The lowest BCUT2D eigenvalue weighted by Crippen LogP contribution is -2.00. The Balaban J connectivity index is 0.879. The standard InChI is InChI=1S/C57H33N3OS/c1-2-11-34(12-3-1)55-58-56(39-23-26-47-46-19-8-9-20-51(46)61-52(47)31-39)60-57(59-55)40-24-28-49-48-27-22-38(32-53(48)62-54(49)33-40)36-14-10-13-35(29-36)37-21-25-45-43-17-5-4-15-41(43)42-16-6-7-18-44(42)50(45)30-37/h1-33H. The van der Waals surface area contributed by atoms with Crippen molar-refractivity contribution in [3.8, 4) is 56.4 Å². The molecular formula is C57H33N3OS. The van der Waals surface area contributed by atoms with Crippen LogP contribution in [-0.4, -0.2) is 15.0 Å². The van der Waals surface area contributed by atoms with E-state index in [9.17, 15) is 0 Å². The number of hydrogen-bond acceptors (Lipinski definition) is 5. The van der Waals surface area contributed by atoms with Gasteiger partial charge in [0.1, 0.15) is 11.2 Å². The molecule has 0 amide bonds. The van der Waals surface area contributed by atoms with Crippen LogP contribution in [-0.2, 0) is 0 Å². The summed E-state index contributed by atoms with van der Waals surface area (Å²) in [7, 11) is 0. The molecule has 0 N–H and O–H groups in total. The lowest BCUT2D eigenvalue weighted by Gasteiger charge is -2.12. The van der Waals surface area contributed by atoms with Crippen molar-refractivity contribution in [3.05, 3.63) is 200 Å². The zero-order valence-electron chi connectivity index (χ0n) is 33.2. The van der Waals surface area contributed by atoms with Crippen molar-refractivity contribution in [2.75, 3.05) is 0 Å². The molecule has 62 heavy (non-hydrogen) atoms. The molecule has 5 heteroatoms. The maximum Gasteiger partial charge on any atom is 0.164 e. The Bertz CT molecular complexity index is 3910. The van der Waals surface area contributed by atoms with Crippen LogP contribution in [0.3, 0.4) is 0 Å². The highest BCUT2D eigenvalue weighted by Crippen LogP contribution is 2.41. The predicted octanol–water partition coefficient (Wildman–Crippen LogP) is 15.9. The van der Waals surface area contributed by atoms with Gasteiger partial charge in [0.15, 0.2) is 17.5 Å². The molecule has 0 aliphatic rings. The maximum atomic E-state index is 6.25. The normalized spacial score (nSPS) is 11.9. The van der Waals surface area contributed by atoms with Crippen molar-refractivity contribution in [1.29, 1.82) is 0 Å². The van der Waals surface area contributed by atoms with Gasteiger partial charge in [0.25, 0.3) is 0 Å². The first-order chi connectivity index (χ1) is 30.7. The van der Waals surface area contributed by atoms with Crippen LogP contribution in [0.5, 0.6) is 0 Å². The average molecular weight is 808 g/mol. The van der Waals surface area contributed by atoms with E-state index in [1.54, 1.807) is 11.3 Å². The Morgan fingerprint density at radius 2 is 0.677 bits per heavy atom. The van der Waals surface area contributed by atoms with Crippen LogP contribution in [0.2, 0.25) is 0 Å². The third-order valence-corrected chi connectivity index (χ3v) is 13.4. The molecule has 0 bridgehead atoms. The lowest BCUT2D eigenvalue weighted by molar-refractivity contribution is 0.669. The van der Waals surface area contributed by atoms with E-state index in [-0.39, 0.29) is 0 Å². The molecule has 13 rings (SSSR count). The molecule has 3 aromatic heterocycles. The predicted molar refractivity (Wildman–Crippen MR) is 260 cm³/mol. The first-order valence-electron chi connectivity index (χ1n) is 20.8. The summed E-state index contributed by atoms with van der Waals surface area (Å²) >= 11 is 1.80. The largest absolute Gasteiger partial charge is 0.456 e. The maximum absolute atomic E-state index is 6.25. The highest BCUT2D eigenvalue weighted by molar-refractivity contribution is 7.25. The molecule has 3 heterocycles. The molecule has 0 atom stereocenters. The van der Waals surface area contributed by atoms with Crippen molar-refractivity contribution in [1.82, 2.24) is 15.0 Å². The molecule has 288 valence electrons. The minimum absolute atomic E-state index is 0.602. The zero-order valence-corrected chi connectivity index (χ0v) is 34.0. The number of benzene rings is 10. The molecule has 0 fully saturated rings. The molecule has 0 spiro atoms. The van der Waals surface area contributed by atoms with Crippen LogP contribution in [0.1, 0.15) is 0 Å². The summed E-state index contributed by atoms with van der Waals surface area (Å²) in [6.07, 6.45) is 0. The Labute approximate surface area is 360 Å². The quantitative estimate of drug-likeness (QED) is 0.163. The summed E-state index contributed by atoms with van der Waals surface area (Å²) in [5.41, 5.74) is 9.22. The van der Waals surface area contributed by atoms with Crippen molar-refractivity contribution >= 4 is 85.8 Å². The van der Waals surface area contributed by atoms with Crippen LogP contribution in [0.4, 0.5) is 0 Å². The van der Waals surface area contributed by atoms with Crippen LogP contribution in [0.25, 0.3) is 131 Å². The Morgan fingerprint density at radius 3 is 1.34 bits per heavy atom. The smallest absolute Gasteiger partial charge is 0.164 e. The molecule has 0 aliphatic carbocycles. The Hall–Kier alpha value is -7.99. The lowest BCUT2D eigenvalue weighted by atomic mass is 9.91. The fourth-order valence-electron chi connectivity index (χ4n) is 9.28. The van der Waals surface area contributed by atoms with Crippen molar-refractivity contribution in [2.45, 2.75) is 0 Å². The van der Waals surface area contributed by atoms with Crippen molar-refractivity contribution < 1.29 is 4.42 Å². The van der Waals surface area contributed by atoms with E-state index in [2.05, 4.69) is 146 Å². The fourth-order valence-corrected chi connectivity index (χ4v) is 10.5. The third-order valence-electron chi connectivity index (χ3n) is 12.3. The second-order valence-corrected chi connectivity index (χ2v) is 17.0. The Morgan fingerprint density at radius 1 is 0.258 bits per heavy atom. The van der Waals surface area contributed by atoms with E-state index in [1.165, 1.54) is 74.7 Å². The van der Waals surface area contributed by atoms with Gasteiger partial charge in [-0.25, -0.2) is 15.0 Å². The van der Waals surface area contributed by atoms with Gasteiger partial charge in [-0.2, -0.15) is 0 Å². The number of furan rings is 1. The van der Waals surface area contributed by atoms with Crippen molar-refractivity contribution in [3.63, 3.8) is 0 Å². The van der Waals surface area contributed by atoms with E-state index < -0.39 is 0 Å². The van der Waals surface area contributed by atoms with E-state index in [4.69, 9.17) is 19.4 Å². The van der Waals surface area contributed by atoms with Crippen LogP contribution in [0, 0.1) is 0 Å². The van der Waals surface area contributed by atoms with Gasteiger partial charge >= 0.3 is 0 Å². The van der Waals surface area contributed by atoms with E-state index in [0.717, 1.165) is 38.6 Å². The van der Waals surface area contributed by atoms with Gasteiger partial charge in [0.05, 0.1) is 0 Å². The van der Waals surface area contributed by atoms with Gasteiger partial charge in [-0.3, -0.25) is 0 Å². The minimum Gasteiger partial charge on any atom is -0.456 e. The zero-order chi connectivity index (χ0) is 40.7. The van der Waals surface area contributed by atoms with E-state index in [1.807, 2.05) is 54.6 Å². The molecule has 10 aromatic carbocycles. The number of para-hydroxylation sites is 1. The molecule has 0 unspecified atom stereocenters. The summed E-state index contributed by atoms with van der Waals surface area (Å²) < 4.78 is 8.68. The number of hydrogen-bond donors (Lipinski definition) is 0. The second kappa shape index (κ2) is 13.8.